The zero-order chi connectivity index (χ0) is 17.2. The van der Waals surface area contributed by atoms with E-state index in [1.807, 2.05) is 18.2 Å². The predicted octanol–water partition coefficient (Wildman–Crippen LogP) is 3.90. The molecule has 0 amide bonds. The first-order chi connectivity index (χ1) is 12.2. The summed E-state index contributed by atoms with van der Waals surface area (Å²) in [5.41, 5.74) is 9.44. The molecule has 2 aromatic carbocycles. The molecule has 136 valence electrons. The lowest BCUT2D eigenvalue weighted by atomic mass is 9.90. The maximum atomic E-state index is 6.19. The summed E-state index contributed by atoms with van der Waals surface area (Å²) in [6.45, 7) is 1.66. The van der Waals surface area contributed by atoms with E-state index in [4.69, 9.17) is 21.9 Å². The van der Waals surface area contributed by atoms with Gasteiger partial charge < -0.3 is 10.3 Å². The minimum Gasteiger partial charge on any atom is -0.338 e. The van der Waals surface area contributed by atoms with Crippen LogP contribution in [0.25, 0.3) is 0 Å². The molecule has 1 atom stereocenters. The number of aromatic nitrogens is 2. The third-order valence-corrected chi connectivity index (χ3v) is 4.84. The Morgan fingerprint density at radius 2 is 1.96 bits per heavy atom. The fraction of sp³-hybridized carbons (Fsp3) is 0.263. The molecule has 0 spiro atoms. The summed E-state index contributed by atoms with van der Waals surface area (Å²) in [4.78, 5) is 6.71. The summed E-state index contributed by atoms with van der Waals surface area (Å²) in [5, 5.41) is 4.81. The van der Waals surface area contributed by atoms with Crippen molar-refractivity contribution >= 4 is 24.0 Å². The van der Waals surface area contributed by atoms with E-state index in [0.29, 0.717) is 18.3 Å². The van der Waals surface area contributed by atoms with Gasteiger partial charge in [-0.15, -0.1) is 12.4 Å². The summed E-state index contributed by atoms with van der Waals surface area (Å²) in [7, 11) is 0. The molecule has 0 saturated heterocycles. The van der Waals surface area contributed by atoms with Gasteiger partial charge in [-0.05, 0) is 35.2 Å². The molecule has 1 aromatic heterocycles. The highest BCUT2D eigenvalue weighted by molar-refractivity contribution is 6.30. The molecule has 1 aliphatic rings. The van der Waals surface area contributed by atoms with E-state index in [1.165, 1.54) is 16.7 Å². The van der Waals surface area contributed by atoms with Crippen molar-refractivity contribution in [1.82, 2.24) is 15.0 Å². The van der Waals surface area contributed by atoms with Crippen LogP contribution in [0.3, 0.4) is 0 Å². The fourth-order valence-electron chi connectivity index (χ4n) is 3.40. The molecule has 0 aliphatic carbocycles. The van der Waals surface area contributed by atoms with Gasteiger partial charge in [-0.1, -0.05) is 53.2 Å². The molecule has 2 heterocycles. The average Bonchev–Trinajstić information content (AvgIpc) is 3.09. The maximum Gasteiger partial charge on any atom is 0.240 e. The molecular formula is C19H20Cl2N4O. The largest absolute Gasteiger partial charge is 0.338 e. The van der Waals surface area contributed by atoms with Crippen LogP contribution in [0.2, 0.25) is 5.02 Å². The monoisotopic (exact) mass is 390 g/mol. The lowest BCUT2D eigenvalue weighted by Gasteiger charge is -2.36. The lowest BCUT2D eigenvalue weighted by Crippen LogP contribution is -2.34. The van der Waals surface area contributed by atoms with Crippen LogP contribution in [0.4, 0.5) is 0 Å². The SMILES string of the molecule is Cl.NCc1nc(CN2Cc3cc(Cl)ccc3CC2c2ccccc2)no1. The van der Waals surface area contributed by atoms with Crippen molar-refractivity contribution in [2.24, 2.45) is 5.73 Å². The first-order valence-corrected chi connectivity index (χ1v) is 8.68. The zero-order valence-corrected chi connectivity index (χ0v) is 15.7. The van der Waals surface area contributed by atoms with Gasteiger partial charge in [0.05, 0.1) is 13.1 Å². The van der Waals surface area contributed by atoms with E-state index in [1.54, 1.807) is 0 Å². The van der Waals surface area contributed by atoms with Crippen LogP contribution in [-0.4, -0.2) is 15.0 Å². The Labute approximate surface area is 163 Å². The highest BCUT2D eigenvalue weighted by Crippen LogP contribution is 2.35. The maximum absolute atomic E-state index is 6.19. The van der Waals surface area contributed by atoms with Crippen molar-refractivity contribution in [3.8, 4) is 0 Å². The number of benzene rings is 2. The molecule has 1 unspecified atom stereocenters. The number of nitrogens with two attached hydrogens (primary N) is 1. The van der Waals surface area contributed by atoms with Gasteiger partial charge in [0.1, 0.15) is 0 Å². The van der Waals surface area contributed by atoms with Crippen molar-refractivity contribution < 1.29 is 4.52 Å². The number of fused-ring (bicyclic) bond motifs is 1. The molecule has 2 N–H and O–H groups in total. The van der Waals surface area contributed by atoms with Crippen LogP contribution in [0.5, 0.6) is 0 Å². The van der Waals surface area contributed by atoms with Gasteiger partial charge in [0.2, 0.25) is 5.89 Å². The van der Waals surface area contributed by atoms with Crippen LogP contribution < -0.4 is 5.73 Å². The molecule has 0 saturated carbocycles. The molecule has 0 radical (unpaired) electrons. The van der Waals surface area contributed by atoms with Crippen molar-refractivity contribution in [3.63, 3.8) is 0 Å². The van der Waals surface area contributed by atoms with Crippen molar-refractivity contribution in [1.29, 1.82) is 0 Å². The summed E-state index contributed by atoms with van der Waals surface area (Å²) >= 11 is 6.19. The van der Waals surface area contributed by atoms with E-state index in [-0.39, 0.29) is 25.0 Å². The Balaban J connectivity index is 0.00000196. The summed E-state index contributed by atoms with van der Waals surface area (Å²) < 4.78 is 5.15. The third-order valence-electron chi connectivity index (χ3n) is 4.61. The summed E-state index contributed by atoms with van der Waals surface area (Å²) in [6, 6.07) is 16.9. The Hall–Kier alpha value is -1.92. The molecule has 0 bridgehead atoms. The Kier molecular flexibility index (Phi) is 5.94. The number of hydrogen-bond donors (Lipinski definition) is 1. The van der Waals surface area contributed by atoms with Gasteiger partial charge in [0.15, 0.2) is 5.82 Å². The number of hydrogen-bond acceptors (Lipinski definition) is 5. The molecule has 1 aliphatic heterocycles. The van der Waals surface area contributed by atoms with Gasteiger partial charge in [0, 0.05) is 17.6 Å². The topological polar surface area (TPSA) is 68.2 Å². The Morgan fingerprint density at radius 1 is 1.15 bits per heavy atom. The lowest BCUT2D eigenvalue weighted by molar-refractivity contribution is 0.157. The quantitative estimate of drug-likeness (QED) is 0.731. The van der Waals surface area contributed by atoms with Gasteiger partial charge in [0.25, 0.3) is 0 Å². The molecule has 0 fully saturated rings. The standard InChI is InChI=1S/C19H19ClN4O.ClH/c20-16-7-6-14-9-17(13-4-2-1-3-5-13)24(11-15(14)8-16)12-18-22-19(10-21)25-23-18;/h1-8,17H,9-12,21H2;1H. The van der Waals surface area contributed by atoms with Crippen LogP contribution in [0, 0.1) is 0 Å². The fourth-order valence-corrected chi connectivity index (χ4v) is 3.59. The highest BCUT2D eigenvalue weighted by atomic mass is 35.5. The zero-order valence-electron chi connectivity index (χ0n) is 14.1. The van der Waals surface area contributed by atoms with Crippen LogP contribution in [-0.2, 0) is 26.1 Å². The second-order valence-electron chi connectivity index (χ2n) is 6.26. The van der Waals surface area contributed by atoms with Crippen molar-refractivity contribution in [2.75, 3.05) is 0 Å². The second kappa shape index (κ2) is 8.18. The predicted molar refractivity (Wildman–Crippen MR) is 103 cm³/mol. The van der Waals surface area contributed by atoms with Crippen LogP contribution in [0.15, 0.2) is 53.1 Å². The first kappa shape index (κ1) is 18.9. The third kappa shape index (κ3) is 3.91. The van der Waals surface area contributed by atoms with Crippen LogP contribution in [0.1, 0.15) is 34.4 Å². The average molecular weight is 391 g/mol. The highest BCUT2D eigenvalue weighted by Gasteiger charge is 2.28. The number of rotatable bonds is 4. The van der Waals surface area contributed by atoms with Gasteiger partial charge in [-0.2, -0.15) is 4.98 Å². The van der Waals surface area contributed by atoms with Gasteiger partial charge in [-0.25, -0.2) is 0 Å². The summed E-state index contributed by atoms with van der Waals surface area (Å²) in [6.07, 6.45) is 0.929. The van der Waals surface area contributed by atoms with Crippen molar-refractivity contribution in [3.05, 3.63) is 82.0 Å². The van der Waals surface area contributed by atoms with Gasteiger partial charge in [-0.3, -0.25) is 4.90 Å². The molecule has 4 rings (SSSR count). The van der Waals surface area contributed by atoms with Gasteiger partial charge >= 0.3 is 0 Å². The van der Waals surface area contributed by atoms with Crippen LogP contribution >= 0.6 is 24.0 Å². The minimum absolute atomic E-state index is 0. The smallest absolute Gasteiger partial charge is 0.240 e. The second-order valence-corrected chi connectivity index (χ2v) is 6.69. The first-order valence-electron chi connectivity index (χ1n) is 8.31. The Morgan fingerprint density at radius 3 is 2.69 bits per heavy atom. The normalized spacial score (nSPS) is 16.8. The number of halogens is 2. The molecule has 7 heteroatoms. The minimum atomic E-state index is 0. The molecule has 5 nitrogen and oxygen atoms in total. The van der Waals surface area contributed by atoms with E-state index in [9.17, 15) is 0 Å². The molecular weight excluding hydrogens is 371 g/mol. The van der Waals surface area contributed by atoms with E-state index in [0.717, 1.165) is 18.0 Å². The van der Waals surface area contributed by atoms with E-state index < -0.39 is 0 Å². The van der Waals surface area contributed by atoms with E-state index >= 15 is 0 Å². The molecule has 26 heavy (non-hydrogen) atoms. The Bertz CT molecular complexity index is 869. The molecule has 3 aromatic rings. The van der Waals surface area contributed by atoms with Crippen molar-refractivity contribution in [2.45, 2.75) is 32.1 Å². The summed E-state index contributed by atoms with van der Waals surface area (Å²) in [5.74, 6) is 1.12. The van der Waals surface area contributed by atoms with E-state index in [2.05, 4.69) is 45.4 Å². The number of nitrogens with zero attached hydrogens (tertiary/aromatic N) is 3.